The van der Waals surface area contributed by atoms with Crippen LogP contribution in [0.5, 0.6) is 0 Å². The van der Waals surface area contributed by atoms with E-state index in [1.807, 2.05) is 36.6 Å². The summed E-state index contributed by atoms with van der Waals surface area (Å²) in [7, 11) is -3.40. The van der Waals surface area contributed by atoms with Crippen molar-refractivity contribution in [3.05, 3.63) is 35.9 Å². The van der Waals surface area contributed by atoms with Gasteiger partial charge in [-0.05, 0) is 76.9 Å². The smallest absolute Gasteiger partial charge is 0.407 e. The fraction of sp³-hybridized carbons (Fsp3) is 0.679. The van der Waals surface area contributed by atoms with Gasteiger partial charge in [0, 0.05) is 12.1 Å². The van der Waals surface area contributed by atoms with Gasteiger partial charge >= 0.3 is 12.1 Å². The second-order valence-electron chi connectivity index (χ2n) is 11.3. The molecular weight excluding hydrogens is 554 g/mol. The van der Waals surface area contributed by atoms with Gasteiger partial charge in [0.15, 0.2) is 9.84 Å². The van der Waals surface area contributed by atoms with Crippen LogP contribution in [-0.4, -0.2) is 73.1 Å². The lowest BCUT2D eigenvalue weighted by atomic mass is 9.82. The maximum absolute atomic E-state index is 12.8. The van der Waals surface area contributed by atoms with Crippen molar-refractivity contribution in [3.8, 4) is 0 Å². The van der Waals surface area contributed by atoms with Crippen LogP contribution in [0.25, 0.3) is 0 Å². The van der Waals surface area contributed by atoms with Gasteiger partial charge in [0.1, 0.15) is 12.2 Å². The first kappa shape index (κ1) is 33.9. The Morgan fingerprint density at radius 2 is 1.80 bits per heavy atom. The number of ether oxygens (including phenoxy) is 2. The SMILES string of the molecule is CSCC[C@H](N)C(=O)N[C@H]1CC[C@@H](NC(=O)OC(C)(C)CC(=O)OCc2ccccc2)C[C@H]1CS(=O)(=O)C(C)C. The van der Waals surface area contributed by atoms with Crippen molar-refractivity contribution in [1.82, 2.24) is 10.6 Å². The van der Waals surface area contributed by atoms with Crippen LogP contribution in [0.4, 0.5) is 4.79 Å². The summed E-state index contributed by atoms with van der Waals surface area (Å²) >= 11 is 1.60. The summed E-state index contributed by atoms with van der Waals surface area (Å²) in [5.74, 6) is -0.546. The number of carbonyl (C=O) groups is 3. The minimum atomic E-state index is -3.40. The van der Waals surface area contributed by atoms with E-state index < -0.39 is 44.7 Å². The minimum absolute atomic E-state index is 0.109. The lowest BCUT2D eigenvalue weighted by Crippen LogP contribution is -2.54. The molecule has 1 aromatic carbocycles. The number of benzene rings is 1. The van der Waals surface area contributed by atoms with Crippen LogP contribution < -0.4 is 16.4 Å². The van der Waals surface area contributed by atoms with Crippen LogP contribution in [-0.2, 0) is 35.5 Å². The van der Waals surface area contributed by atoms with Gasteiger partial charge in [-0.25, -0.2) is 13.2 Å². The Morgan fingerprint density at radius 3 is 2.42 bits per heavy atom. The molecule has 0 spiro atoms. The number of amides is 2. The van der Waals surface area contributed by atoms with Gasteiger partial charge < -0.3 is 25.8 Å². The third-order valence-electron chi connectivity index (χ3n) is 6.95. The molecule has 12 heteroatoms. The Kier molecular flexibility index (Phi) is 13.2. The number of carbonyl (C=O) groups excluding carboxylic acids is 3. The molecule has 1 aliphatic carbocycles. The van der Waals surface area contributed by atoms with Gasteiger partial charge in [-0.1, -0.05) is 30.3 Å². The normalized spacial score (nSPS) is 20.4. The number of sulfone groups is 1. The summed E-state index contributed by atoms with van der Waals surface area (Å²) in [5, 5.41) is 5.23. The third-order valence-corrected chi connectivity index (χ3v) is 9.92. The van der Waals surface area contributed by atoms with Crippen LogP contribution >= 0.6 is 11.8 Å². The number of rotatable bonds is 14. The lowest BCUT2D eigenvalue weighted by molar-refractivity contribution is -0.149. The molecule has 0 aliphatic heterocycles. The van der Waals surface area contributed by atoms with E-state index in [0.717, 1.165) is 11.3 Å². The molecule has 0 bridgehead atoms. The summed E-state index contributed by atoms with van der Waals surface area (Å²) < 4.78 is 36.4. The Balaban J connectivity index is 1.95. The largest absolute Gasteiger partial charge is 0.461 e. The van der Waals surface area contributed by atoms with E-state index in [1.54, 1.807) is 39.5 Å². The zero-order valence-electron chi connectivity index (χ0n) is 24.2. The van der Waals surface area contributed by atoms with Crippen molar-refractivity contribution in [1.29, 1.82) is 0 Å². The van der Waals surface area contributed by atoms with Gasteiger partial charge in [0.25, 0.3) is 0 Å². The molecule has 226 valence electrons. The molecule has 2 rings (SSSR count). The zero-order valence-corrected chi connectivity index (χ0v) is 25.8. The average Bonchev–Trinajstić information content (AvgIpc) is 2.87. The molecule has 1 fully saturated rings. The molecule has 1 aromatic rings. The number of alkyl carbamates (subject to hydrolysis) is 1. The summed E-state index contributed by atoms with van der Waals surface area (Å²) in [6, 6.07) is 7.90. The molecule has 1 saturated carbocycles. The lowest BCUT2D eigenvalue weighted by Gasteiger charge is -2.37. The van der Waals surface area contributed by atoms with Gasteiger partial charge in [-0.15, -0.1) is 0 Å². The van der Waals surface area contributed by atoms with Crippen LogP contribution in [0.3, 0.4) is 0 Å². The minimum Gasteiger partial charge on any atom is -0.461 e. The molecule has 0 saturated heterocycles. The number of nitrogens with two attached hydrogens (primary N) is 1. The Hall–Kier alpha value is -2.31. The van der Waals surface area contributed by atoms with E-state index in [1.165, 1.54) is 0 Å². The van der Waals surface area contributed by atoms with Gasteiger partial charge in [-0.3, -0.25) is 9.59 Å². The standard InChI is InChI=1S/C28H45N3O7S2/c1-19(2)40(35,36)18-21-15-22(11-12-24(21)31-26(33)23(29)13-14-39-5)30-27(34)38-28(3,4)16-25(32)37-17-20-9-7-6-8-10-20/h6-10,19,21-24H,11-18,29H2,1-5H3,(H,30,34)(H,31,33)/t21-,22+,23-,24-/m0/s1. The summed E-state index contributed by atoms with van der Waals surface area (Å²) in [6.45, 7) is 6.64. The highest BCUT2D eigenvalue weighted by Gasteiger charge is 2.37. The molecule has 0 heterocycles. The van der Waals surface area contributed by atoms with Gasteiger partial charge in [0.05, 0.1) is 23.5 Å². The highest BCUT2D eigenvalue weighted by atomic mass is 32.2. The first-order valence-corrected chi connectivity index (χ1v) is 16.8. The van der Waals surface area contributed by atoms with E-state index in [4.69, 9.17) is 15.2 Å². The van der Waals surface area contributed by atoms with Crippen molar-refractivity contribution in [2.75, 3.05) is 17.8 Å². The van der Waals surface area contributed by atoms with E-state index in [-0.39, 0.29) is 36.8 Å². The van der Waals surface area contributed by atoms with Gasteiger partial charge in [0.2, 0.25) is 5.91 Å². The van der Waals surface area contributed by atoms with E-state index in [2.05, 4.69) is 10.6 Å². The Morgan fingerprint density at radius 1 is 1.12 bits per heavy atom. The highest BCUT2D eigenvalue weighted by molar-refractivity contribution is 7.98. The van der Waals surface area contributed by atoms with Crippen molar-refractivity contribution < 1.29 is 32.3 Å². The maximum Gasteiger partial charge on any atom is 0.407 e. The van der Waals surface area contributed by atoms with Crippen LogP contribution in [0.15, 0.2) is 30.3 Å². The molecular formula is C28H45N3O7S2. The second kappa shape index (κ2) is 15.6. The van der Waals surface area contributed by atoms with Crippen molar-refractivity contribution >= 4 is 39.6 Å². The predicted octanol–water partition coefficient (Wildman–Crippen LogP) is 3.18. The molecule has 1 aliphatic rings. The average molecular weight is 600 g/mol. The topological polar surface area (TPSA) is 154 Å². The Labute approximate surface area is 242 Å². The molecule has 2 amide bonds. The van der Waals surface area contributed by atoms with E-state index in [0.29, 0.717) is 25.7 Å². The quantitative estimate of drug-likeness (QED) is 0.274. The van der Waals surface area contributed by atoms with E-state index in [9.17, 15) is 22.8 Å². The summed E-state index contributed by atoms with van der Waals surface area (Å²) in [4.78, 5) is 37.7. The molecule has 4 atom stereocenters. The van der Waals surface area contributed by atoms with Crippen LogP contribution in [0.2, 0.25) is 0 Å². The third kappa shape index (κ3) is 11.7. The highest BCUT2D eigenvalue weighted by Crippen LogP contribution is 2.28. The number of thioether (sulfide) groups is 1. The molecule has 0 unspecified atom stereocenters. The zero-order chi connectivity index (χ0) is 29.9. The number of hydrogen-bond donors (Lipinski definition) is 3. The van der Waals surface area contributed by atoms with Crippen molar-refractivity contribution in [3.63, 3.8) is 0 Å². The molecule has 0 aromatic heterocycles. The summed E-state index contributed by atoms with van der Waals surface area (Å²) in [6.07, 6.45) is 3.01. The molecule has 4 N–H and O–H groups in total. The van der Waals surface area contributed by atoms with Crippen LogP contribution in [0.1, 0.15) is 65.4 Å². The number of nitrogens with one attached hydrogen (secondary N) is 2. The first-order valence-electron chi connectivity index (χ1n) is 13.7. The van der Waals surface area contributed by atoms with E-state index >= 15 is 0 Å². The Bertz CT molecular complexity index is 1080. The molecule has 40 heavy (non-hydrogen) atoms. The molecule has 10 nitrogen and oxygen atoms in total. The fourth-order valence-corrected chi connectivity index (χ4v) is 6.39. The predicted molar refractivity (Wildman–Crippen MR) is 158 cm³/mol. The summed E-state index contributed by atoms with van der Waals surface area (Å²) in [5.41, 5.74) is 5.77. The maximum atomic E-state index is 12.8. The number of esters is 1. The van der Waals surface area contributed by atoms with Crippen molar-refractivity contribution in [2.45, 2.75) is 95.4 Å². The number of hydrogen-bond acceptors (Lipinski definition) is 9. The van der Waals surface area contributed by atoms with Crippen molar-refractivity contribution in [2.24, 2.45) is 11.7 Å². The fourth-order valence-electron chi connectivity index (χ4n) is 4.55. The van der Waals surface area contributed by atoms with Gasteiger partial charge in [-0.2, -0.15) is 11.8 Å². The monoisotopic (exact) mass is 599 g/mol. The van der Waals surface area contributed by atoms with Crippen LogP contribution in [0, 0.1) is 5.92 Å². The first-order chi connectivity index (χ1) is 18.7. The second-order valence-corrected chi connectivity index (χ2v) is 14.9. The molecule has 0 radical (unpaired) electrons.